The monoisotopic (exact) mass is 393 g/mol. The van der Waals surface area contributed by atoms with Gasteiger partial charge in [-0.3, -0.25) is 14.7 Å². The van der Waals surface area contributed by atoms with Gasteiger partial charge in [-0.05, 0) is 42.8 Å². The molecule has 0 aliphatic rings. The van der Waals surface area contributed by atoms with Gasteiger partial charge >= 0.3 is 0 Å². The molecule has 1 atom stereocenters. The fourth-order valence-electron chi connectivity index (χ4n) is 2.30. The van der Waals surface area contributed by atoms with Gasteiger partial charge in [-0.2, -0.15) is 0 Å². The number of anilines is 1. The SMILES string of the molecule is CC(Sc1n[nH]c(/C=C/c2ccccc2)n1)C(=O)Nc1ccc(C(N)=O)cc1. The number of benzene rings is 2. The first kappa shape index (κ1) is 19.4. The van der Waals surface area contributed by atoms with Gasteiger partial charge in [-0.25, -0.2) is 4.98 Å². The molecule has 0 spiro atoms. The van der Waals surface area contributed by atoms with E-state index in [1.165, 1.54) is 11.8 Å². The van der Waals surface area contributed by atoms with Crippen molar-refractivity contribution in [2.45, 2.75) is 17.3 Å². The third-order valence-electron chi connectivity index (χ3n) is 3.80. The summed E-state index contributed by atoms with van der Waals surface area (Å²) >= 11 is 1.25. The van der Waals surface area contributed by atoms with E-state index in [1.54, 1.807) is 31.2 Å². The van der Waals surface area contributed by atoms with Crippen LogP contribution in [0.15, 0.2) is 59.8 Å². The molecule has 1 unspecified atom stereocenters. The fourth-order valence-corrected chi connectivity index (χ4v) is 3.03. The molecular weight excluding hydrogens is 374 g/mol. The summed E-state index contributed by atoms with van der Waals surface area (Å²) in [5.41, 5.74) is 7.24. The molecule has 28 heavy (non-hydrogen) atoms. The lowest BCUT2D eigenvalue weighted by Gasteiger charge is -2.10. The van der Waals surface area contributed by atoms with Crippen molar-refractivity contribution in [3.63, 3.8) is 0 Å². The predicted molar refractivity (Wildman–Crippen MR) is 111 cm³/mol. The van der Waals surface area contributed by atoms with Crippen LogP contribution in [0.1, 0.15) is 28.7 Å². The number of thioether (sulfide) groups is 1. The van der Waals surface area contributed by atoms with Crippen LogP contribution in [-0.4, -0.2) is 32.2 Å². The third-order valence-corrected chi connectivity index (χ3v) is 4.76. The number of rotatable bonds is 7. The van der Waals surface area contributed by atoms with Gasteiger partial charge < -0.3 is 11.1 Å². The number of aromatic nitrogens is 3. The molecule has 3 aromatic rings. The Kier molecular flexibility index (Phi) is 6.23. The van der Waals surface area contributed by atoms with Gasteiger partial charge in [0.15, 0.2) is 0 Å². The minimum Gasteiger partial charge on any atom is -0.366 e. The zero-order valence-electron chi connectivity index (χ0n) is 15.1. The molecule has 0 saturated carbocycles. The Morgan fingerprint density at radius 3 is 2.50 bits per heavy atom. The summed E-state index contributed by atoms with van der Waals surface area (Å²) in [6, 6.07) is 16.3. The molecule has 2 aromatic carbocycles. The second kappa shape index (κ2) is 9.01. The maximum Gasteiger partial charge on any atom is 0.248 e. The second-order valence-electron chi connectivity index (χ2n) is 5.94. The summed E-state index contributed by atoms with van der Waals surface area (Å²) in [4.78, 5) is 27.8. The van der Waals surface area contributed by atoms with Gasteiger partial charge in [0.25, 0.3) is 0 Å². The maximum atomic E-state index is 12.3. The smallest absolute Gasteiger partial charge is 0.248 e. The Labute approximate surface area is 166 Å². The average molecular weight is 393 g/mol. The van der Waals surface area contributed by atoms with Gasteiger partial charge in [0.05, 0.1) is 5.25 Å². The zero-order valence-corrected chi connectivity index (χ0v) is 15.9. The molecule has 0 saturated heterocycles. The van der Waals surface area contributed by atoms with Crippen molar-refractivity contribution >= 4 is 41.4 Å². The van der Waals surface area contributed by atoms with Gasteiger partial charge in [-0.15, -0.1) is 5.10 Å². The minimum absolute atomic E-state index is 0.192. The summed E-state index contributed by atoms with van der Waals surface area (Å²) < 4.78 is 0. The van der Waals surface area contributed by atoms with Crippen LogP contribution in [0.2, 0.25) is 0 Å². The quantitative estimate of drug-likeness (QED) is 0.534. The Hall–Kier alpha value is -3.39. The highest BCUT2D eigenvalue weighted by atomic mass is 32.2. The molecule has 3 rings (SSSR count). The van der Waals surface area contributed by atoms with Crippen LogP contribution in [0.4, 0.5) is 5.69 Å². The minimum atomic E-state index is -0.511. The summed E-state index contributed by atoms with van der Waals surface area (Å²) in [5.74, 6) is -0.0903. The van der Waals surface area contributed by atoms with Crippen molar-refractivity contribution in [1.29, 1.82) is 0 Å². The molecular formula is C20H19N5O2S. The van der Waals surface area contributed by atoms with Crippen molar-refractivity contribution in [1.82, 2.24) is 15.2 Å². The van der Waals surface area contributed by atoms with Crippen LogP contribution in [0.3, 0.4) is 0 Å². The number of aromatic amines is 1. The van der Waals surface area contributed by atoms with Crippen LogP contribution in [0, 0.1) is 0 Å². The second-order valence-corrected chi connectivity index (χ2v) is 7.25. The van der Waals surface area contributed by atoms with Crippen molar-refractivity contribution in [2.24, 2.45) is 5.73 Å². The first-order chi connectivity index (χ1) is 13.5. The number of hydrogen-bond donors (Lipinski definition) is 3. The number of H-pyrrole nitrogens is 1. The summed E-state index contributed by atoms with van der Waals surface area (Å²) in [5, 5.41) is 9.85. The number of nitrogens with zero attached hydrogens (tertiary/aromatic N) is 2. The highest BCUT2D eigenvalue weighted by molar-refractivity contribution is 8.00. The highest BCUT2D eigenvalue weighted by Gasteiger charge is 2.17. The topological polar surface area (TPSA) is 114 Å². The molecule has 0 aliphatic carbocycles. The van der Waals surface area contributed by atoms with Crippen molar-refractivity contribution < 1.29 is 9.59 Å². The number of nitrogens with two attached hydrogens (primary N) is 1. The van der Waals surface area contributed by atoms with Gasteiger partial charge in [-0.1, -0.05) is 48.2 Å². The molecule has 2 amide bonds. The molecule has 4 N–H and O–H groups in total. The summed E-state index contributed by atoms with van der Waals surface area (Å²) in [6.45, 7) is 1.77. The highest BCUT2D eigenvalue weighted by Crippen LogP contribution is 2.21. The molecule has 8 heteroatoms. The van der Waals surface area contributed by atoms with E-state index >= 15 is 0 Å². The number of hydrogen-bond acceptors (Lipinski definition) is 5. The molecule has 1 aromatic heterocycles. The Morgan fingerprint density at radius 2 is 1.82 bits per heavy atom. The van der Waals surface area contributed by atoms with Gasteiger partial charge in [0, 0.05) is 11.3 Å². The number of amides is 2. The van der Waals surface area contributed by atoms with E-state index in [2.05, 4.69) is 20.5 Å². The van der Waals surface area contributed by atoms with E-state index in [9.17, 15) is 9.59 Å². The van der Waals surface area contributed by atoms with Gasteiger partial charge in [0.2, 0.25) is 17.0 Å². The summed E-state index contributed by atoms with van der Waals surface area (Å²) in [6.07, 6.45) is 3.76. The third kappa shape index (κ3) is 5.31. The average Bonchev–Trinajstić information content (AvgIpc) is 3.15. The lowest BCUT2D eigenvalue weighted by molar-refractivity contribution is -0.115. The molecule has 0 bridgehead atoms. The Bertz CT molecular complexity index is 983. The first-order valence-electron chi connectivity index (χ1n) is 8.54. The molecule has 0 fully saturated rings. The first-order valence-corrected chi connectivity index (χ1v) is 9.42. The van der Waals surface area contributed by atoms with E-state index in [1.807, 2.05) is 42.5 Å². The van der Waals surface area contributed by atoms with Gasteiger partial charge in [0.1, 0.15) is 5.82 Å². The number of nitrogens with one attached hydrogen (secondary N) is 2. The lowest BCUT2D eigenvalue weighted by Crippen LogP contribution is -2.22. The van der Waals surface area contributed by atoms with Crippen molar-refractivity contribution in [3.05, 3.63) is 71.5 Å². The van der Waals surface area contributed by atoms with E-state index in [0.717, 1.165) is 5.56 Å². The number of primary amides is 1. The van der Waals surface area contributed by atoms with Crippen LogP contribution in [0.25, 0.3) is 12.2 Å². The number of carbonyl (C=O) groups excluding carboxylic acids is 2. The van der Waals surface area contributed by atoms with E-state index < -0.39 is 11.2 Å². The molecule has 142 valence electrons. The molecule has 1 heterocycles. The van der Waals surface area contributed by atoms with Crippen molar-refractivity contribution in [2.75, 3.05) is 5.32 Å². The Balaban J connectivity index is 1.56. The molecule has 0 radical (unpaired) electrons. The maximum absolute atomic E-state index is 12.3. The largest absolute Gasteiger partial charge is 0.366 e. The van der Waals surface area contributed by atoms with Crippen molar-refractivity contribution in [3.8, 4) is 0 Å². The summed E-state index contributed by atoms with van der Waals surface area (Å²) in [7, 11) is 0. The molecule has 0 aliphatic heterocycles. The molecule has 7 nitrogen and oxygen atoms in total. The van der Waals surface area contributed by atoms with Crippen LogP contribution in [-0.2, 0) is 4.79 Å². The normalized spacial score (nSPS) is 12.0. The van der Waals surface area contributed by atoms with E-state index in [-0.39, 0.29) is 5.91 Å². The zero-order chi connectivity index (χ0) is 19.9. The van der Waals surface area contributed by atoms with Crippen LogP contribution < -0.4 is 11.1 Å². The van der Waals surface area contributed by atoms with Crippen LogP contribution in [0.5, 0.6) is 0 Å². The van der Waals surface area contributed by atoms with E-state index in [0.29, 0.717) is 22.2 Å². The van der Waals surface area contributed by atoms with E-state index in [4.69, 9.17) is 5.73 Å². The number of carbonyl (C=O) groups is 2. The predicted octanol–water partition coefficient (Wildman–Crippen LogP) is 3.19. The fraction of sp³-hybridized carbons (Fsp3) is 0.100. The standard InChI is InChI=1S/C20H19N5O2S/c1-13(19(27)22-16-10-8-15(9-11-16)18(21)26)28-20-23-17(24-25-20)12-7-14-5-3-2-4-6-14/h2-13H,1H3,(H2,21,26)(H,22,27)(H,23,24,25)/b12-7+. The van der Waals surface area contributed by atoms with Crippen LogP contribution >= 0.6 is 11.8 Å². The Morgan fingerprint density at radius 1 is 1.11 bits per heavy atom. The lowest BCUT2D eigenvalue weighted by atomic mass is 10.2.